The van der Waals surface area contributed by atoms with Gasteiger partial charge in [0.1, 0.15) is 0 Å². The van der Waals surface area contributed by atoms with Crippen molar-refractivity contribution in [2.75, 3.05) is 18.9 Å². The van der Waals surface area contributed by atoms with E-state index in [2.05, 4.69) is 16.0 Å². The van der Waals surface area contributed by atoms with Gasteiger partial charge >= 0.3 is 6.03 Å². The van der Waals surface area contributed by atoms with E-state index in [1.807, 2.05) is 6.92 Å². The lowest BCUT2D eigenvalue weighted by atomic mass is 10.2. The number of benzene rings is 1. The number of halogens is 1. The van der Waals surface area contributed by atoms with Crippen LogP contribution in [0.5, 0.6) is 0 Å². The normalized spacial score (nSPS) is 9.59. The molecule has 0 radical (unpaired) electrons. The van der Waals surface area contributed by atoms with Crippen molar-refractivity contribution in [3.05, 3.63) is 28.8 Å². The van der Waals surface area contributed by atoms with Crippen LogP contribution >= 0.6 is 11.6 Å². The van der Waals surface area contributed by atoms with Gasteiger partial charge in [-0.05, 0) is 24.6 Å². The minimum Gasteiger partial charge on any atom is -0.358 e. The van der Waals surface area contributed by atoms with Crippen molar-refractivity contribution < 1.29 is 9.59 Å². The Morgan fingerprint density at radius 2 is 2.06 bits per heavy atom. The molecule has 0 fully saturated rings. The molecule has 0 atom stereocenters. The SMILES string of the molecule is CNC(=O)CNC(=O)Nc1ccc(C)c(Cl)c1. The van der Waals surface area contributed by atoms with E-state index in [1.54, 1.807) is 18.2 Å². The van der Waals surface area contributed by atoms with Crippen LogP contribution < -0.4 is 16.0 Å². The van der Waals surface area contributed by atoms with Gasteiger partial charge in [0.05, 0.1) is 6.54 Å². The molecular formula is C11H14ClN3O2. The Hall–Kier alpha value is -1.75. The van der Waals surface area contributed by atoms with Crippen LogP contribution in [0.25, 0.3) is 0 Å². The van der Waals surface area contributed by atoms with E-state index in [0.29, 0.717) is 10.7 Å². The van der Waals surface area contributed by atoms with E-state index in [9.17, 15) is 9.59 Å². The number of rotatable bonds is 3. The highest BCUT2D eigenvalue weighted by Crippen LogP contribution is 2.19. The van der Waals surface area contributed by atoms with E-state index in [4.69, 9.17) is 11.6 Å². The van der Waals surface area contributed by atoms with E-state index >= 15 is 0 Å². The average molecular weight is 256 g/mol. The van der Waals surface area contributed by atoms with Crippen LogP contribution in [-0.4, -0.2) is 25.5 Å². The Labute approximate surface area is 105 Å². The summed E-state index contributed by atoms with van der Waals surface area (Å²) in [4.78, 5) is 22.3. The molecular weight excluding hydrogens is 242 g/mol. The maximum Gasteiger partial charge on any atom is 0.319 e. The molecule has 3 amide bonds. The molecule has 3 N–H and O–H groups in total. The fourth-order valence-electron chi connectivity index (χ4n) is 1.09. The molecule has 6 heteroatoms. The van der Waals surface area contributed by atoms with Crippen molar-refractivity contribution in [2.24, 2.45) is 0 Å². The third kappa shape index (κ3) is 4.32. The zero-order valence-corrected chi connectivity index (χ0v) is 10.4. The Morgan fingerprint density at radius 1 is 1.35 bits per heavy atom. The second-order valence-electron chi connectivity index (χ2n) is 3.44. The molecule has 1 rings (SSSR count). The predicted molar refractivity (Wildman–Crippen MR) is 67.3 cm³/mol. The summed E-state index contributed by atoms with van der Waals surface area (Å²) in [5.74, 6) is -0.262. The number of carbonyl (C=O) groups is 2. The van der Waals surface area contributed by atoms with Crippen molar-refractivity contribution in [3.8, 4) is 0 Å². The molecule has 0 aliphatic carbocycles. The fraction of sp³-hybridized carbons (Fsp3) is 0.273. The number of aryl methyl sites for hydroxylation is 1. The van der Waals surface area contributed by atoms with Crippen LogP contribution in [0.4, 0.5) is 10.5 Å². The van der Waals surface area contributed by atoms with E-state index < -0.39 is 6.03 Å². The predicted octanol–water partition coefficient (Wildman–Crippen LogP) is 1.52. The molecule has 1 aromatic rings. The summed E-state index contributed by atoms with van der Waals surface area (Å²) < 4.78 is 0. The number of urea groups is 1. The zero-order chi connectivity index (χ0) is 12.8. The summed E-state index contributed by atoms with van der Waals surface area (Å²) in [5, 5.41) is 7.96. The zero-order valence-electron chi connectivity index (χ0n) is 9.63. The summed E-state index contributed by atoms with van der Waals surface area (Å²) in [7, 11) is 1.50. The van der Waals surface area contributed by atoms with Crippen molar-refractivity contribution in [3.63, 3.8) is 0 Å². The largest absolute Gasteiger partial charge is 0.358 e. The van der Waals surface area contributed by atoms with Gasteiger partial charge in [-0.15, -0.1) is 0 Å². The molecule has 5 nitrogen and oxygen atoms in total. The number of amides is 3. The summed E-state index contributed by atoms with van der Waals surface area (Å²) in [6.45, 7) is 1.81. The van der Waals surface area contributed by atoms with Gasteiger partial charge in [0, 0.05) is 17.8 Å². The monoisotopic (exact) mass is 255 g/mol. The first-order valence-electron chi connectivity index (χ1n) is 5.04. The van der Waals surface area contributed by atoms with E-state index in [-0.39, 0.29) is 12.5 Å². The summed E-state index contributed by atoms with van der Waals surface area (Å²) >= 11 is 5.91. The minimum absolute atomic E-state index is 0.0675. The topological polar surface area (TPSA) is 70.2 Å². The van der Waals surface area contributed by atoms with Crippen LogP contribution in [0.3, 0.4) is 0 Å². The maximum atomic E-state index is 11.4. The molecule has 0 aliphatic rings. The van der Waals surface area contributed by atoms with Crippen molar-refractivity contribution >= 4 is 29.2 Å². The van der Waals surface area contributed by atoms with Gasteiger partial charge in [-0.3, -0.25) is 4.79 Å². The van der Waals surface area contributed by atoms with Crippen molar-refractivity contribution in [1.82, 2.24) is 10.6 Å². The maximum absolute atomic E-state index is 11.4. The molecule has 0 aromatic heterocycles. The number of carbonyl (C=O) groups excluding carboxylic acids is 2. The van der Waals surface area contributed by atoms with E-state index in [0.717, 1.165) is 5.56 Å². The lowest BCUT2D eigenvalue weighted by Gasteiger charge is -2.08. The van der Waals surface area contributed by atoms with Gasteiger partial charge in [-0.1, -0.05) is 17.7 Å². The number of hydrogen-bond donors (Lipinski definition) is 3. The van der Waals surface area contributed by atoms with Gasteiger partial charge in [-0.25, -0.2) is 4.79 Å². The minimum atomic E-state index is -0.450. The Balaban J connectivity index is 2.50. The van der Waals surface area contributed by atoms with Gasteiger partial charge < -0.3 is 16.0 Å². The van der Waals surface area contributed by atoms with Crippen LogP contribution in [0.2, 0.25) is 5.02 Å². The molecule has 92 valence electrons. The third-order valence-electron chi connectivity index (χ3n) is 2.12. The van der Waals surface area contributed by atoms with Gasteiger partial charge in [-0.2, -0.15) is 0 Å². The molecule has 0 saturated heterocycles. The first kappa shape index (κ1) is 13.3. The van der Waals surface area contributed by atoms with Crippen molar-refractivity contribution in [1.29, 1.82) is 0 Å². The lowest BCUT2D eigenvalue weighted by molar-refractivity contribution is -0.119. The second kappa shape index (κ2) is 6.10. The number of hydrogen-bond acceptors (Lipinski definition) is 2. The summed E-state index contributed by atoms with van der Waals surface area (Å²) in [6.07, 6.45) is 0. The lowest BCUT2D eigenvalue weighted by Crippen LogP contribution is -2.37. The van der Waals surface area contributed by atoms with Gasteiger partial charge in [0.2, 0.25) is 5.91 Å². The molecule has 0 saturated carbocycles. The number of nitrogens with one attached hydrogen (secondary N) is 3. The molecule has 0 aliphatic heterocycles. The summed E-state index contributed by atoms with van der Waals surface area (Å²) in [5.41, 5.74) is 1.51. The first-order chi connectivity index (χ1) is 8.02. The molecule has 17 heavy (non-hydrogen) atoms. The summed E-state index contributed by atoms with van der Waals surface area (Å²) in [6, 6.07) is 4.74. The molecule has 0 bridgehead atoms. The second-order valence-corrected chi connectivity index (χ2v) is 3.85. The highest BCUT2D eigenvalue weighted by Gasteiger charge is 2.04. The standard InChI is InChI=1S/C11H14ClN3O2/c1-7-3-4-8(5-9(7)12)15-11(17)14-6-10(16)13-2/h3-5H,6H2,1-2H3,(H,13,16)(H2,14,15,17). The fourth-order valence-corrected chi connectivity index (χ4v) is 1.28. The molecule has 0 heterocycles. The van der Waals surface area contributed by atoms with Crippen LogP contribution in [0, 0.1) is 6.92 Å². The number of likely N-dealkylation sites (N-methyl/N-ethyl adjacent to an activating group) is 1. The van der Waals surface area contributed by atoms with Gasteiger partial charge in [0.25, 0.3) is 0 Å². The van der Waals surface area contributed by atoms with Crippen molar-refractivity contribution in [2.45, 2.75) is 6.92 Å². The molecule has 1 aromatic carbocycles. The quantitative estimate of drug-likeness (QED) is 0.766. The van der Waals surface area contributed by atoms with Crippen LogP contribution in [0.15, 0.2) is 18.2 Å². The highest BCUT2D eigenvalue weighted by atomic mass is 35.5. The first-order valence-corrected chi connectivity index (χ1v) is 5.42. The Bertz CT molecular complexity index is 435. The van der Waals surface area contributed by atoms with Gasteiger partial charge in [0.15, 0.2) is 0 Å². The van der Waals surface area contributed by atoms with Crippen LogP contribution in [0.1, 0.15) is 5.56 Å². The smallest absolute Gasteiger partial charge is 0.319 e. The highest BCUT2D eigenvalue weighted by molar-refractivity contribution is 6.31. The molecule has 0 unspecified atom stereocenters. The van der Waals surface area contributed by atoms with E-state index in [1.165, 1.54) is 7.05 Å². The molecule has 0 spiro atoms. The van der Waals surface area contributed by atoms with Crippen LogP contribution in [-0.2, 0) is 4.79 Å². The average Bonchev–Trinajstić information content (AvgIpc) is 2.31. The third-order valence-corrected chi connectivity index (χ3v) is 2.53. The Kier molecular flexibility index (Phi) is 4.78. The number of anilines is 1. The Morgan fingerprint density at radius 3 is 2.65 bits per heavy atom.